The summed E-state index contributed by atoms with van der Waals surface area (Å²) < 4.78 is 5.70. The van der Waals surface area contributed by atoms with E-state index in [0.29, 0.717) is 12.2 Å². The first kappa shape index (κ1) is 12.2. The summed E-state index contributed by atoms with van der Waals surface area (Å²) in [6.07, 6.45) is 0. The van der Waals surface area contributed by atoms with Gasteiger partial charge in [-0.3, -0.25) is 5.41 Å². The molecule has 0 bridgehead atoms. The lowest BCUT2D eigenvalue weighted by molar-refractivity contribution is 0.305. The fourth-order valence-electron chi connectivity index (χ4n) is 1.66. The monoisotopic (exact) mass is 240 g/mol. The molecule has 92 valence electrons. The highest BCUT2D eigenvalue weighted by Gasteiger charge is 2.00. The molecule has 0 spiro atoms. The summed E-state index contributed by atoms with van der Waals surface area (Å²) in [7, 11) is 0. The Morgan fingerprint density at radius 2 is 1.78 bits per heavy atom. The van der Waals surface area contributed by atoms with Gasteiger partial charge in [0.1, 0.15) is 18.2 Å². The molecule has 0 heterocycles. The lowest BCUT2D eigenvalue weighted by Gasteiger charge is -2.09. The van der Waals surface area contributed by atoms with E-state index in [1.165, 1.54) is 11.1 Å². The molecule has 2 aromatic rings. The Bertz CT molecular complexity index is 547. The largest absolute Gasteiger partial charge is 0.489 e. The standard InChI is InChI=1S/C15H16N2O/c1-11-4-2-3-5-13(11)10-18-14-8-6-12(7-9-14)15(16)17/h2-9H,10H2,1H3,(H3,16,17). The third kappa shape index (κ3) is 2.88. The van der Waals surface area contributed by atoms with Gasteiger partial charge in [0.25, 0.3) is 0 Å². The molecular weight excluding hydrogens is 224 g/mol. The van der Waals surface area contributed by atoms with Crippen LogP contribution < -0.4 is 10.5 Å². The van der Waals surface area contributed by atoms with Crippen LogP contribution in [0, 0.1) is 12.3 Å². The molecule has 18 heavy (non-hydrogen) atoms. The van der Waals surface area contributed by atoms with Gasteiger partial charge in [0.05, 0.1) is 0 Å². The van der Waals surface area contributed by atoms with E-state index < -0.39 is 0 Å². The van der Waals surface area contributed by atoms with Gasteiger partial charge in [0, 0.05) is 5.56 Å². The molecule has 0 fully saturated rings. The Labute approximate surface area is 107 Å². The van der Waals surface area contributed by atoms with E-state index in [2.05, 4.69) is 19.1 Å². The highest BCUT2D eigenvalue weighted by atomic mass is 16.5. The van der Waals surface area contributed by atoms with Crippen LogP contribution in [0.5, 0.6) is 5.75 Å². The molecule has 2 rings (SSSR count). The second-order valence-corrected chi connectivity index (χ2v) is 4.15. The van der Waals surface area contributed by atoms with Crippen molar-refractivity contribution in [1.29, 1.82) is 5.41 Å². The molecule has 2 aromatic carbocycles. The second kappa shape index (κ2) is 5.36. The molecule has 0 aliphatic carbocycles. The van der Waals surface area contributed by atoms with Crippen molar-refractivity contribution in [3.05, 3.63) is 65.2 Å². The predicted octanol–water partition coefficient (Wildman–Crippen LogP) is 2.86. The highest BCUT2D eigenvalue weighted by Crippen LogP contribution is 2.15. The number of nitrogens with two attached hydrogens (primary N) is 1. The first-order valence-electron chi connectivity index (χ1n) is 5.78. The smallest absolute Gasteiger partial charge is 0.122 e. The quantitative estimate of drug-likeness (QED) is 0.637. The first-order valence-corrected chi connectivity index (χ1v) is 5.78. The number of aryl methyl sites for hydroxylation is 1. The summed E-state index contributed by atoms with van der Waals surface area (Å²) in [5, 5.41) is 7.31. The van der Waals surface area contributed by atoms with Gasteiger partial charge in [-0.2, -0.15) is 0 Å². The molecule has 3 nitrogen and oxygen atoms in total. The Morgan fingerprint density at radius 1 is 1.11 bits per heavy atom. The normalized spacial score (nSPS) is 10.1. The van der Waals surface area contributed by atoms with E-state index in [0.717, 1.165) is 5.75 Å². The van der Waals surface area contributed by atoms with Crippen LogP contribution in [-0.4, -0.2) is 5.84 Å². The third-order valence-corrected chi connectivity index (χ3v) is 2.82. The Hall–Kier alpha value is -2.29. The molecule has 0 aliphatic heterocycles. The second-order valence-electron chi connectivity index (χ2n) is 4.15. The molecule has 3 heteroatoms. The summed E-state index contributed by atoms with van der Waals surface area (Å²) in [6, 6.07) is 15.4. The van der Waals surface area contributed by atoms with Crippen molar-refractivity contribution in [2.24, 2.45) is 5.73 Å². The van der Waals surface area contributed by atoms with Gasteiger partial charge >= 0.3 is 0 Å². The van der Waals surface area contributed by atoms with Crippen molar-refractivity contribution in [2.75, 3.05) is 0 Å². The number of nitrogen functional groups attached to an aromatic ring is 1. The van der Waals surface area contributed by atoms with Crippen molar-refractivity contribution < 1.29 is 4.74 Å². The number of rotatable bonds is 4. The third-order valence-electron chi connectivity index (χ3n) is 2.82. The van der Waals surface area contributed by atoms with Gasteiger partial charge in [-0.1, -0.05) is 24.3 Å². The molecule has 0 aliphatic rings. The minimum atomic E-state index is 0.0699. The van der Waals surface area contributed by atoms with E-state index in [1.54, 1.807) is 12.1 Å². The zero-order valence-corrected chi connectivity index (χ0v) is 10.3. The first-order chi connectivity index (χ1) is 8.66. The van der Waals surface area contributed by atoms with Gasteiger partial charge in [-0.25, -0.2) is 0 Å². The number of amidine groups is 1. The van der Waals surface area contributed by atoms with Gasteiger partial charge in [0.15, 0.2) is 0 Å². The van der Waals surface area contributed by atoms with Crippen molar-refractivity contribution >= 4 is 5.84 Å². The van der Waals surface area contributed by atoms with Crippen LogP contribution in [0.3, 0.4) is 0 Å². The predicted molar refractivity (Wildman–Crippen MR) is 73.0 cm³/mol. The fraction of sp³-hybridized carbons (Fsp3) is 0.133. The summed E-state index contributed by atoms with van der Waals surface area (Å²) >= 11 is 0. The highest BCUT2D eigenvalue weighted by molar-refractivity contribution is 5.94. The SMILES string of the molecule is Cc1ccccc1COc1ccc(C(=N)N)cc1. The molecular formula is C15H16N2O. The minimum Gasteiger partial charge on any atom is -0.489 e. The van der Waals surface area contributed by atoms with E-state index in [9.17, 15) is 0 Å². The van der Waals surface area contributed by atoms with E-state index in [4.69, 9.17) is 15.9 Å². The fourth-order valence-corrected chi connectivity index (χ4v) is 1.66. The summed E-state index contributed by atoms with van der Waals surface area (Å²) in [5.74, 6) is 0.851. The van der Waals surface area contributed by atoms with Crippen molar-refractivity contribution in [2.45, 2.75) is 13.5 Å². The maximum Gasteiger partial charge on any atom is 0.122 e. The van der Waals surface area contributed by atoms with Crippen molar-refractivity contribution in [1.82, 2.24) is 0 Å². The lowest BCUT2D eigenvalue weighted by atomic mass is 10.1. The van der Waals surface area contributed by atoms with Gasteiger partial charge < -0.3 is 10.5 Å². The number of nitrogens with one attached hydrogen (secondary N) is 1. The topological polar surface area (TPSA) is 59.1 Å². The van der Waals surface area contributed by atoms with Crippen LogP contribution in [0.15, 0.2) is 48.5 Å². The maximum atomic E-state index is 7.31. The molecule has 0 amide bonds. The van der Waals surface area contributed by atoms with Gasteiger partial charge in [-0.05, 0) is 42.3 Å². The van der Waals surface area contributed by atoms with Crippen LogP contribution in [0.25, 0.3) is 0 Å². The number of hydrogen-bond donors (Lipinski definition) is 2. The van der Waals surface area contributed by atoms with Crippen LogP contribution in [-0.2, 0) is 6.61 Å². The minimum absolute atomic E-state index is 0.0699. The van der Waals surface area contributed by atoms with E-state index in [-0.39, 0.29) is 5.84 Å². The number of benzene rings is 2. The van der Waals surface area contributed by atoms with Crippen LogP contribution in [0.1, 0.15) is 16.7 Å². The average molecular weight is 240 g/mol. The average Bonchev–Trinajstić information content (AvgIpc) is 2.38. The molecule has 0 unspecified atom stereocenters. The Morgan fingerprint density at radius 3 is 2.39 bits per heavy atom. The van der Waals surface area contributed by atoms with E-state index in [1.807, 2.05) is 24.3 Å². The molecule has 0 saturated carbocycles. The van der Waals surface area contributed by atoms with Gasteiger partial charge in [-0.15, -0.1) is 0 Å². The zero-order chi connectivity index (χ0) is 13.0. The zero-order valence-electron chi connectivity index (χ0n) is 10.3. The molecule has 0 aromatic heterocycles. The molecule has 0 atom stereocenters. The summed E-state index contributed by atoms with van der Waals surface area (Å²) in [4.78, 5) is 0. The van der Waals surface area contributed by atoms with Crippen molar-refractivity contribution in [3.63, 3.8) is 0 Å². The van der Waals surface area contributed by atoms with Gasteiger partial charge in [0.2, 0.25) is 0 Å². The Kier molecular flexibility index (Phi) is 3.63. The Balaban J connectivity index is 2.02. The maximum absolute atomic E-state index is 7.31. The molecule has 3 N–H and O–H groups in total. The number of hydrogen-bond acceptors (Lipinski definition) is 2. The summed E-state index contributed by atoms with van der Waals surface area (Å²) in [5.41, 5.74) is 8.49. The molecule has 0 radical (unpaired) electrons. The number of ether oxygens (including phenoxy) is 1. The van der Waals surface area contributed by atoms with E-state index >= 15 is 0 Å². The van der Waals surface area contributed by atoms with Crippen LogP contribution >= 0.6 is 0 Å². The van der Waals surface area contributed by atoms with Crippen LogP contribution in [0.2, 0.25) is 0 Å². The molecule has 0 saturated heterocycles. The van der Waals surface area contributed by atoms with Crippen molar-refractivity contribution in [3.8, 4) is 5.75 Å². The summed E-state index contributed by atoms with van der Waals surface area (Å²) in [6.45, 7) is 2.61. The lowest BCUT2D eigenvalue weighted by Crippen LogP contribution is -2.10. The van der Waals surface area contributed by atoms with Crippen LogP contribution in [0.4, 0.5) is 0 Å².